The number of likely N-dealkylation sites (tertiary alicyclic amines) is 1. The number of amides is 2. The molecule has 2 aliphatic heterocycles. The lowest BCUT2D eigenvalue weighted by Crippen LogP contribution is -2.46. The Bertz CT molecular complexity index is 600. The zero-order chi connectivity index (χ0) is 16.9. The van der Waals surface area contributed by atoms with Crippen molar-refractivity contribution in [2.24, 2.45) is 0 Å². The van der Waals surface area contributed by atoms with Crippen LogP contribution in [-0.2, 0) is 9.59 Å². The first-order valence-electron chi connectivity index (χ1n) is 8.74. The number of nitrogens with zero attached hydrogens (tertiary/aromatic N) is 1. The fraction of sp³-hybridized carbons (Fsp3) is 0.556. The first-order chi connectivity index (χ1) is 11.7. The van der Waals surface area contributed by atoms with Gasteiger partial charge in [0.2, 0.25) is 11.8 Å². The maximum atomic E-state index is 12.3. The Hall–Kier alpha value is -1.53. The van der Waals surface area contributed by atoms with Crippen molar-refractivity contribution in [1.29, 1.82) is 0 Å². The molecule has 1 aromatic carbocycles. The molecule has 2 N–H and O–H groups in total. The minimum absolute atomic E-state index is 0.0176. The molecule has 6 heteroatoms. The molecule has 1 atom stereocenters. The van der Waals surface area contributed by atoms with Gasteiger partial charge in [-0.15, -0.1) is 11.8 Å². The van der Waals surface area contributed by atoms with Gasteiger partial charge in [0.1, 0.15) is 0 Å². The summed E-state index contributed by atoms with van der Waals surface area (Å²) < 4.78 is 0. The predicted octanol–water partition coefficient (Wildman–Crippen LogP) is 2.48. The van der Waals surface area contributed by atoms with E-state index in [1.807, 2.05) is 24.3 Å². The third kappa shape index (κ3) is 4.30. The van der Waals surface area contributed by atoms with Crippen molar-refractivity contribution >= 4 is 29.3 Å². The van der Waals surface area contributed by atoms with Gasteiger partial charge < -0.3 is 15.5 Å². The van der Waals surface area contributed by atoms with Crippen molar-refractivity contribution in [1.82, 2.24) is 10.2 Å². The highest BCUT2D eigenvalue weighted by atomic mass is 32.2. The minimum Gasteiger partial charge on any atom is -0.353 e. The summed E-state index contributed by atoms with van der Waals surface area (Å²) in [6.07, 6.45) is 3.41. The van der Waals surface area contributed by atoms with Crippen LogP contribution in [0.2, 0.25) is 0 Å². The Morgan fingerprint density at radius 3 is 2.83 bits per heavy atom. The molecule has 2 amide bonds. The van der Waals surface area contributed by atoms with Crippen LogP contribution < -0.4 is 10.6 Å². The Kier molecular flexibility index (Phi) is 5.79. The fourth-order valence-electron chi connectivity index (χ4n) is 3.30. The van der Waals surface area contributed by atoms with Crippen molar-refractivity contribution in [2.75, 3.05) is 25.0 Å². The van der Waals surface area contributed by atoms with Gasteiger partial charge >= 0.3 is 0 Å². The molecular weight excluding hydrogens is 322 g/mol. The number of rotatable bonds is 5. The average molecular weight is 347 g/mol. The second kappa shape index (κ2) is 8.03. The van der Waals surface area contributed by atoms with Crippen LogP contribution in [0.15, 0.2) is 29.2 Å². The number of piperidine rings is 1. The van der Waals surface area contributed by atoms with Gasteiger partial charge in [0, 0.05) is 30.4 Å². The number of benzene rings is 1. The SMILES string of the molecule is CCCN1CCC(NC(=O)C[C@@H]2Sc3ccccc3NC2=O)CC1. The highest BCUT2D eigenvalue weighted by Gasteiger charge is 2.29. The Balaban J connectivity index is 1.48. The van der Waals surface area contributed by atoms with Gasteiger partial charge in [-0.25, -0.2) is 0 Å². The molecule has 1 fully saturated rings. The zero-order valence-corrected chi connectivity index (χ0v) is 14.9. The second-order valence-corrected chi connectivity index (χ2v) is 7.72. The molecular formula is C18H25N3O2S. The van der Waals surface area contributed by atoms with Crippen LogP contribution in [0.4, 0.5) is 5.69 Å². The van der Waals surface area contributed by atoms with E-state index in [-0.39, 0.29) is 29.5 Å². The highest BCUT2D eigenvalue weighted by Crippen LogP contribution is 2.36. The zero-order valence-electron chi connectivity index (χ0n) is 14.1. The van der Waals surface area contributed by atoms with Crippen molar-refractivity contribution in [3.63, 3.8) is 0 Å². The summed E-state index contributed by atoms with van der Waals surface area (Å²) in [5.41, 5.74) is 0.840. The maximum Gasteiger partial charge on any atom is 0.238 e. The molecule has 0 aromatic heterocycles. The third-order valence-electron chi connectivity index (χ3n) is 4.57. The third-order valence-corrected chi connectivity index (χ3v) is 5.85. The average Bonchev–Trinajstić information content (AvgIpc) is 2.57. The maximum absolute atomic E-state index is 12.3. The number of carbonyl (C=O) groups excluding carboxylic acids is 2. The summed E-state index contributed by atoms with van der Waals surface area (Å²) in [6.45, 7) is 5.42. The number of nitrogens with one attached hydrogen (secondary N) is 2. The van der Waals surface area contributed by atoms with Crippen LogP contribution in [0.25, 0.3) is 0 Å². The molecule has 0 bridgehead atoms. The lowest BCUT2D eigenvalue weighted by atomic mass is 10.0. The molecule has 24 heavy (non-hydrogen) atoms. The Morgan fingerprint density at radius 2 is 2.08 bits per heavy atom. The lowest BCUT2D eigenvalue weighted by molar-refractivity contribution is -0.124. The van der Waals surface area contributed by atoms with Crippen LogP contribution in [0.5, 0.6) is 0 Å². The van der Waals surface area contributed by atoms with Crippen LogP contribution in [0.3, 0.4) is 0 Å². The minimum atomic E-state index is -0.347. The molecule has 0 aliphatic carbocycles. The van der Waals surface area contributed by atoms with E-state index >= 15 is 0 Å². The Labute approximate surface area is 147 Å². The van der Waals surface area contributed by atoms with Crippen molar-refractivity contribution in [2.45, 2.75) is 48.8 Å². The largest absolute Gasteiger partial charge is 0.353 e. The van der Waals surface area contributed by atoms with E-state index in [1.165, 1.54) is 18.2 Å². The number of para-hydroxylation sites is 1. The smallest absolute Gasteiger partial charge is 0.238 e. The van der Waals surface area contributed by atoms with E-state index in [0.717, 1.165) is 43.1 Å². The van der Waals surface area contributed by atoms with Gasteiger partial charge in [0.05, 0.1) is 10.9 Å². The summed E-state index contributed by atoms with van der Waals surface area (Å²) in [5.74, 6) is -0.0948. The van der Waals surface area contributed by atoms with Gasteiger partial charge in [-0.1, -0.05) is 19.1 Å². The van der Waals surface area contributed by atoms with Gasteiger partial charge in [0.25, 0.3) is 0 Å². The fourth-order valence-corrected chi connectivity index (χ4v) is 4.41. The molecule has 0 spiro atoms. The summed E-state index contributed by atoms with van der Waals surface area (Å²) in [4.78, 5) is 28.0. The number of thioether (sulfide) groups is 1. The number of hydrogen-bond acceptors (Lipinski definition) is 4. The molecule has 0 saturated carbocycles. The monoisotopic (exact) mass is 347 g/mol. The van der Waals surface area contributed by atoms with E-state index in [9.17, 15) is 9.59 Å². The van der Waals surface area contributed by atoms with Gasteiger partial charge in [0.15, 0.2) is 0 Å². The topological polar surface area (TPSA) is 61.4 Å². The summed E-state index contributed by atoms with van der Waals surface area (Å²) in [6, 6.07) is 7.96. The molecule has 3 rings (SSSR count). The summed E-state index contributed by atoms with van der Waals surface area (Å²) >= 11 is 1.48. The van der Waals surface area contributed by atoms with Crippen molar-refractivity contribution in [3.05, 3.63) is 24.3 Å². The number of hydrogen-bond donors (Lipinski definition) is 2. The molecule has 2 heterocycles. The quantitative estimate of drug-likeness (QED) is 0.859. The predicted molar refractivity (Wildman–Crippen MR) is 97.2 cm³/mol. The molecule has 0 radical (unpaired) electrons. The van der Waals surface area contributed by atoms with Gasteiger partial charge in [-0.2, -0.15) is 0 Å². The normalized spacial score (nSPS) is 21.9. The van der Waals surface area contributed by atoms with Crippen LogP contribution in [0, 0.1) is 0 Å². The van der Waals surface area contributed by atoms with Crippen LogP contribution >= 0.6 is 11.8 Å². The summed E-state index contributed by atoms with van der Waals surface area (Å²) in [7, 11) is 0. The summed E-state index contributed by atoms with van der Waals surface area (Å²) in [5, 5.41) is 5.66. The second-order valence-electron chi connectivity index (χ2n) is 6.48. The van der Waals surface area contributed by atoms with Gasteiger partial charge in [-0.05, 0) is 37.9 Å². The van der Waals surface area contributed by atoms with E-state index in [4.69, 9.17) is 0 Å². The van der Waals surface area contributed by atoms with Gasteiger partial charge in [-0.3, -0.25) is 9.59 Å². The molecule has 2 aliphatic rings. The molecule has 1 saturated heterocycles. The van der Waals surface area contributed by atoms with Crippen molar-refractivity contribution < 1.29 is 9.59 Å². The van der Waals surface area contributed by atoms with E-state index in [2.05, 4.69) is 22.5 Å². The van der Waals surface area contributed by atoms with Crippen LogP contribution in [0.1, 0.15) is 32.6 Å². The molecule has 0 unspecified atom stereocenters. The lowest BCUT2D eigenvalue weighted by Gasteiger charge is -2.32. The number of anilines is 1. The number of carbonyl (C=O) groups is 2. The standard InChI is InChI=1S/C18H25N3O2S/c1-2-9-21-10-7-13(8-11-21)19-17(22)12-16-18(23)20-14-5-3-4-6-15(14)24-16/h3-6,13,16H,2,7-12H2,1H3,(H,19,22)(H,20,23)/t16-/m0/s1. The number of fused-ring (bicyclic) bond motifs is 1. The first-order valence-corrected chi connectivity index (χ1v) is 9.62. The van der Waals surface area contributed by atoms with E-state index in [1.54, 1.807) is 0 Å². The first kappa shape index (κ1) is 17.3. The molecule has 130 valence electrons. The molecule has 1 aromatic rings. The molecule has 5 nitrogen and oxygen atoms in total. The van der Waals surface area contributed by atoms with E-state index < -0.39 is 0 Å². The van der Waals surface area contributed by atoms with Crippen LogP contribution in [-0.4, -0.2) is 47.6 Å². The highest BCUT2D eigenvalue weighted by molar-refractivity contribution is 8.01. The Morgan fingerprint density at radius 1 is 1.33 bits per heavy atom. The van der Waals surface area contributed by atoms with Crippen molar-refractivity contribution in [3.8, 4) is 0 Å². The van der Waals surface area contributed by atoms with E-state index in [0.29, 0.717) is 0 Å².